The van der Waals surface area contributed by atoms with E-state index in [9.17, 15) is 0 Å². The Bertz CT molecular complexity index is 1350. The summed E-state index contributed by atoms with van der Waals surface area (Å²) in [5.41, 5.74) is 5.63. The largest absolute Gasteiger partial charge is 0.497 e. The fraction of sp³-hybridized carbons (Fsp3) is 0.417. The van der Waals surface area contributed by atoms with Crippen LogP contribution in [-0.2, 0) is 5.54 Å². The number of nitrogens with zero attached hydrogens (tertiary/aromatic N) is 5. The first-order valence-electron chi connectivity index (χ1n) is 11.1. The highest BCUT2D eigenvalue weighted by Gasteiger charge is 2.51. The Kier molecular flexibility index (Phi) is 4.09. The molecule has 3 aromatic heterocycles. The van der Waals surface area contributed by atoms with Crippen molar-refractivity contribution < 1.29 is 9.26 Å². The minimum Gasteiger partial charge on any atom is -0.497 e. The van der Waals surface area contributed by atoms with Crippen LogP contribution in [0.15, 0.2) is 28.8 Å². The summed E-state index contributed by atoms with van der Waals surface area (Å²) >= 11 is 0. The van der Waals surface area contributed by atoms with Gasteiger partial charge in [-0.3, -0.25) is 0 Å². The number of benzene rings is 1. The Hall–Kier alpha value is -3.42. The fourth-order valence-electron chi connectivity index (χ4n) is 4.39. The van der Waals surface area contributed by atoms with Gasteiger partial charge in [0.25, 0.3) is 5.89 Å². The van der Waals surface area contributed by atoms with Gasteiger partial charge in [-0.2, -0.15) is 14.6 Å². The minimum atomic E-state index is -0.323. The van der Waals surface area contributed by atoms with Gasteiger partial charge in [-0.25, -0.2) is 4.98 Å². The second-order valence-electron chi connectivity index (χ2n) is 9.10. The van der Waals surface area contributed by atoms with Crippen molar-refractivity contribution in [2.45, 2.75) is 57.9 Å². The number of ether oxygens (including phenoxy) is 1. The SMILES string of the molecule is COc1ccc(-c2c(C)nn3c(NC4(c5nc(C6CC6)no5)CC4)cc(C)nc23)c(C)c1. The van der Waals surface area contributed by atoms with Crippen molar-refractivity contribution in [2.75, 3.05) is 12.4 Å². The number of methoxy groups -OCH3 is 1. The maximum absolute atomic E-state index is 5.66. The van der Waals surface area contributed by atoms with E-state index < -0.39 is 0 Å². The van der Waals surface area contributed by atoms with Crippen molar-refractivity contribution in [3.8, 4) is 16.9 Å². The van der Waals surface area contributed by atoms with Crippen molar-refractivity contribution in [1.29, 1.82) is 0 Å². The molecule has 32 heavy (non-hydrogen) atoms. The van der Waals surface area contributed by atoms with E-state index in [4.69, 9.17) is 24.3 Å². The highest BCUT2D eigenvalue weighted by molar-refractivity contribution is 5.83. The number of nitrogens with one attached hydrogen (secondary N) is 1. The number of anilines is 1. The summed E-state index contributed by atoms with van der Waals surface area (Å²) in [5, 5.41) is 12.7. The lowest BCUT2D eigenvalue weighted by molar-refractivity contribution is 0.351. The first kappa shape index (κ1) is 19.3. The first-order chi connectivity index (χ1) is 15.5. The van der Waals surface area contributed by atoms with Crippen LogP contribution in [-0.4, -0.2) is 31.8 Å². The Morgan fingerprint density at radius 3 is 2.62 bits per heavy atom. The van der Waals surface area contributed by atoms with Crippen molar-refractivity contribution in [3.63, 3.8) is 0 Å². The minimum absolute atomic E-state index is 0.323. The fourth-order valence-corrected chi connectivity index (χ4v) is 4.39. The van der Waals surface area contributed by atoms with Crippen molar-refractivity contribution in [1.82, 2.24) is 24.7 Å². The van der Waals surface area contributed by atoms with Gasteiger partial charge in [0.2, 0.25) is 0 Å². The molecule has 0 amide bonds. The lowest BCUT2D eigenvalue weighted by Crippen LogP contribution is -2.21. The zero-order chi connectivity index (χ0) is 22.0. The van der Waals surface area contributed by atoms with Crippen LogP contribution in [0.5, 0.6) is 5.75 Å². The highest BCUT2D eigenvalue weighted by atomic mass is 16.5. The molecule has 0 saturated heterocycles. The molecule has 0 spiro atoms. The molecule has 164 valence electrons. The molecule has 0 bridgehead atoms. The van der Waals surface area contributed by atoms with Crippen LogP contribution >= 0.6 is 0 Å². The molecule has 3 heterocycles. The topological polar surface area (TPSA) is 90.4 Å². The van der Waals surface area contributed by atoms with Gasteiger partial charge in [-0.15, -0.1) is 0 Å². The molecule has 6 rings (SSSR count). The van der Waals surface area contributed by atoms with Gasteiger partial charge in [-0.1, -0.05) is 11.2 Å². The van der Waals surface area contributed by atoms with Crippen LogP contribution in [0.3, 0.4) is 0 Å². The zero-order valence-corrected chi connectivity index (χ0v) is 18.8. The summed E-state index contributed by atoms with van der Waals surface area (Å²) in [6.45, 7) is 6.12. The maximum Gasteiger partial charge on any atom is 0.252 e. The summed E-state index contributed by atoms with van der Waals surface area (Å²) in [5.74, 6) is 3.72. The third kappa shape index (κ3) is 3.04. The second kappa shape index (κ2) is 6.79. The van der Waals surface area contributed by atoms with Crippen molar-refractivity contribution in [3.05, 3.63) is 52.9 Å². The second-order valence-corrected chi connectivity index (χ2v) is 9.10. The maximum atomic E-state index is 5.66. The third-order valence-electron chi connectivity index (χ3n) is 6.51. The van der Waals surface area contributed by atoms with Crippen molar-refractivity contribution in [2.24, 2.45) is 0 Å². The van der Waals surface area contributed by atoms with Gasteiger partial charge in [0, 0.05) is 23.2 Å². The number of hydrogen-bond acceptors (Lipinski definition) is 7. The van der Waals surface area contributed by atoms with Crippen molar-refractivity contribution >= 4 is 11.5 Å². The van der Waals surface area contributed by atoms with Gasteiger partial charge >= 0.3 is 0 Å². The van der Waals surface area contributed by atoms with E-state index in [1.165, 1.54) is 0 Å². The molecule has 2 aliphatic carbocycles. The van der Waals surface area contributed by atoms with E-state index in [0.29, 0.717) is 11.8 Å². The molecule has 8 heteroatoms. The first-order valence-corrected chi connectivity index (χ1v) is 11.1. The average Bonchev–Trinajstić information content (AvgIpc) is 3.69. The van der Waals surface area contributed by atoms with Crippen LogP contribution in [0.25, 0.3) is 16.8 Å². The van der Waals surface area contributed by atoms with E-state index in [0.717, 1.165) is 76.8 Å². The van der Waals surface area contributed by atoms with Gasteiger partial charge < -0.3 is 14.6 Å². The molecule has 2 aliphatic rings. The van der Waals surface area contributed by atoms with E-state index in [1.54, 1.807) is 7.11 Å². The van der Waals surface area contributed by atoms with E-state index in [2.05, 4.69) is 23.5 Å². The molecule has 8 nitrogen and oxygen atoms in total. The van der Waals surface area contributed by atoms with Gasteiger partial charge in [0.05, 0.1) is 12.8 Å². The van der Waals surface area contributed by atoms with E-state index >= 15 is 0 Å². The quantitative estimate of drug-likeness (QED) is 0.474. The molecule has 2 saturated carbocycles. The predicted octanol–water partition coefficient (Wildman–Crippen LogP) is 4.69. The number of fused-ring (bicyclic) bond motifs is 1. The Balaban J connectivity index is 1.43. The van der Waals surface area contributed by atoms with Gasteiger partial charge in [0.15, 0.2) is 11.5 Å². The number of rotatable bonds is 6. The van der Waals surface area contributed by atoms with Crippen LogP contribution < -0.4 is 10.1 Å². The summed E-state index contributed by atoms with van der Waals surface area (Å²) in [6.07, 6.45) is 4.22. The monoisotopic (exact) mass is 430 g/mol. The number of aryl methyl sites for hydroxylation is 3. The summed E-state index contributed by atoms with van der Waals surface area (Å²) in [4.78, 5) is 9.56. The molecule has 0 radical (unpaired) electrons. The lowest BCUT2D eigenvalue weighted by atomic mass is 10.0. The zero-order valence-electron chi connectivity index (χ0n) is 18.8. The lowest BCUT2D eigenvalue weighted by Gasteiger charge is -2.16. The third-order valence-corrected chi connectivity index (χ3v) is 6.51. The van der Waals surface area contributed by atoms with E-state index in [-0.39, 0.29) is 5.54 Å². The summed E-state index contributed by atoms with van der Waals surface area (Å²) in [7, 11) is 1.68. The van der Waals surface area contributed by atoms with Gasteiger partial charge in [0.1, 0.15) is 17.1 Å². The molecule has 0 unspecified atom stereocenters. The predicted molar refractivity (Wildman–Crippen MR) is 120 cm³/mol. The molecule has 0 atom stereocenters. The number of aromatic nitrogens is 5. The summed E-state index contributed by atoms with van der Waals surface area (Å²) in [6, 6.07) is 8.13. The molecular weight excluding hydrogens is 404 g/mol. The molecule has 4 aromatic rings. The van der Waals surface area contributed by atoms with E-state index in [1.807, 2.05) is 36.6 Å². The van der Waals surface area contributed by atoms with Crippen LogP contribution in [0.1, 0.15) is 60.3 Å². The van der Waals surface area contributed by atoms with Gasteiger partial charge in [-0.05, 0) is 69.7 Å². The Morgan fingerprint density at radius 2 is 1.94 bits per heavy atom. The average molecular weight is 431 g/mol. The molecule has 2 fully saturated rings. The van der Waals surface area contributed by atoms with Crippen LogP contribution in [0.4, 0.5) is 5.82 Å². The van der Waals surface area contributed by atoms with Crippen LogP contribution in [0, 0.1) is 20.8 Å². The highest BCUT2D eigenvalue weighted by Crippen LogP contribution is 2.49. The molecule has 1 N–H and O–H groups in total. The Labute approximate surface area is 186 Å². The number of hydrogen-bond donors (Lipinski definition) is 1. The Morgan fingerprint density at radius 1 is 1.12 bits per heavy atom. The summed E-state index contributed by atoms with van der Waals surface area (Å²) < 4.78 is 12.9. The molecular formula is C24H26N6O2. The smallest absolute Gasteiger partial charge is 0.252 e. The normalized spacial score (nSPS) is 17.0. The molecule has 0 aliphatic heterocycles. The standard InChI is InChI=1S/C24H26N6O2/c1-13-11-17(31-4)7-8-18(13)20-15(3)28-30-19(12-14(2)25-22(20)30)27-24(9-10-24)23-26-21(29-32-23)16-5-6-16/h7-8,11-12,16,27H,5-6,9-10H2,1-4H3. The molecule has 1 aromatic carbocycles. The van der Waals surface area contributed by atoms with Crippen LogP contribution in [0.2, 0.25) is 0 Å².